The summed E-state index contributed by atoms with van der Waals surface area (Å²) in [6.07, 6.45) is 1.75. The summed E-state index contributed by atoms with van der Waals surface area (Å²) in [4.78, 5) is 4.32. The Hall–Kier alpha value is -0.850. The Bertz CT molecular complexity index is 713. The monoisotopic (exact) mass is 387 g/mol. The molecule has 90 valence electrons. The van der Waals surface area contributed by atoms with E-state index in [0.717, 1.165) is 16.0 Å². The Balaban J connectivity index is 2.07. The molecule has 0 amide bonds. The first kappa shape index (κ1) is 12.2. The van der Waals surface area contributed by atoms with Crippen molar-refractivity contribution < 1.29 is 4.74 Å². The number of thiophene rings is 1. The number of aromatic nitrogens is 1. The summed E-state index contributed by atoms with van der Waals surface area (Å²) < 4.78 is 8.10. The number of rotatable bonds is 2. The van der Waals surface area contributed by atoms with E-state index in [0.29, 0.717) is 10.8 Å². The molecule has 2 heterocycles. The number of para-hydroxylation sites is 1. The third kappa shape index (κ3) is 2.32. The maximum absolute atomic E-state index is 6.09. The lowest BCUT2D eigenvalue weighted by Crippen LogP contribution is -1.85. The Labute approximate surface area is 127 Å². The van der Waals surface area contributed by atoms with Crippen LogP contribution in [0.2, 0.25) is 5.02 Å². The average Bonchev–Trinajstić information content (AvgIpc) is 2.73. The number of ether oxygens (including phenoxy) is 1. The molecule has 0 aliphatic carbocycles. The minimum Gasteiger partial charge on any atom is -0.454 e. The lowest BCUT2D eigenvalue weighted by atomic mass is 10.3. The van der Waals surface area contributed by atoms with E-state index in [1.807, 2.05) is 36.4 Å². The van der Waals surface area contributed by atoms with E-state index in [-0.39, 0.29) is 0 Å². The third-order valence-electron chi connectivity index (χ3n) is 2.40. The highest BCUT2D eigenvalue weighted by Crippen LogP contribution is 2.37. The van der Waals surface area contributed by atoms with Crippen LogP contribution in [0.5, 0.6) is 11.5 Å². The van der Waals surface area contributed by atoms with Crippen molar-refractivity contribution in [1.29, 1.82) is 0 Å². The minimum atomic E-state index is 0.605. The maximum Gasteiger partial charge on any atom is 0.148 e. The molecule has 5 heteroatoms. The molecule has 0 saturated carbocycles. The predicted molar refractivity (Wildman–Crippen MR) is 83.9 cm³/mol. The van der Waals surface area contributed by atoms with Crippen molar-refractivity contribution in [3.05, 3.63) is 50.5 Å². The lowest BCUT2D eigenvalue weighted by Gasteiger charge is -2.07. The number of pyridine rings is 1. The molecule has 3 aromatic rings. The summed E-state index contributed by atoms with van der Waals surface area (Å²) in [5.74, 6) is 1.45. The molecule has 0 saturated heterocycles. The second-order valence-electron chi connectivity index (χ2n) is 3.61. The van der Waals surface area contributed by atoms with Gasteiger partial charge in [-0.05, 0) is 40.8 Å². The van der Waals surface area contributed by atoms with Crippen LogP contribution >= 0.6 is 45.5 Å². The van der Waals surface area contributed by atoms with Crippen LogP contribution < -0.4 is 4.74 Å². The van der Waals surface area contributed by atoms with Crippen molar-refractivity contribution in [2.75, 3.05) is 0 Å². The van der Waals surface area contributed by atoms with Crippen molar-refractivity contribution in [1.82, 2.24) is 4.98 Å². The van der Waals surface area contributed by atoms with Crippen molar-refractivity contribution in [2.24, 2.45) is 0 Å². The molecule has 0 unspecified atom stereocenters. The van der Waals surface area contributed by atoms with Crippen molar-refractivity contribution in [3.63, 3.8) is 0 Å². The molecule has 0 spiro atoms. The van der Waals surface area contributed by atoms with Crippen molar-refractivity contribution in [3.8, 4) is 11.5 Å². The molecule has 0 aliphatic heterocycles. The van der Waals surface area contributed by atoms with Gasteiger partial charge in [-0.2, -0.15) is 0 Å². The van der Waals surface area contributed by atoms with Crippen LogP contribution in [0.3, 0.4) is 0 Å². The summed E-state index contributed by atoms with van der Waals surface area (Å²) in [6.45, 7) is 0. The molecule has 1 aromatic carbocycles. The van der Waals surface area contributed by atoms with Crippen LogP contribution in [-0.2, 0) is 0 Å². The Kier molecular flexibility index (Phi) is 3.41. The largest absolute Gasteiger partial charge is 0.454 e. The lowest BCUT2D eigenvalue weighted by molar-refractivity contribution is 0.489. The molecular formula is C13H7ClINOS. The van der Waals surface area contributed by atoms with Crippen LogP contribution in [0.1, 0.15) is 0 Å². The molecule has 0 aliphatic rings. The van der Waals surface area contributed by atoms with Crippen LogP contribution in [0.15, 0.2) is 42.6 Å². The first-order valence-electron chi connectivity index (χ1n) is 5.20. The van der Waals surface area contributed by atoms with Crippen LogP contribution in [0.4, 0.5) is 0 Å². The standard InChI is InChI=1S/C13H7ClINOS/c14-8-3-1-2-4-10(8)17-11-5-6-16-9-7-12(15)18-13(9)11/h1-7H. The SMILES string of the molecule is Clc1ccccc1Oc1ccnc2cc(I)sc12. The minimum absolute atomic E-state index is 0.605. The van der Waals surface area contributed by atoms with Gasteiger partial charge in [0.05, 0.1) is 18.1 Å². The molecule has 3 rings (SSSR count). The van der Waals surface area contributed by atoms with Gasteiger partial charge in [0, 0.05) is 12.3 Å². The summed E-state index contributed by atoms with van der Waals surface area (Å²) in [5, 5.41) is 0.605. The van der Waals surface area contributed by atoms with Gasteiger partial charge in [-0.15, -0.1) is 11.3 Å². The maximum atomic E-state index is 6.09. The number of hydrogen-bond donors (Lipinski definition) is 0. The Morgan fingerprint density at radius 3 is 2.83 bits per heavy atom. The topological polar surface area (TPSA) is 22.1 Å². The quantitative estimate of drug-likeness (QED) is 0.553. The first-order chi connectivity index (χ1) is 8.74. The smallest absolute Gasteiger partial charge is 0.148 e. The van der Waals surface area contributed by atoms with Gasteiger partial charge in [0.25, 0.3) is 0 Å². The summed E-state index contributed by atoms with van der Waals surface area (Å²) in [7, 11) is 0. The number of fused-ring (bicyclic) bond motifs is 1. The summed E-state index contributed by atoms with van der Waals surface area (Å²) in [6, 6.07) is 11.3. The van der Waals surface area contributed by atoms with Gasteiger partial charge < -0.3 is 4.74 Å². The molecule has 0 fully saturated rings. The fourth-order valence-electron chi connectivity index (χ4n) is 1.61. The fourth-order valence-corrected chi connectivity index (χ4v) is 3.53. The van der Waals surface area contributed by atoms with E-state index in [9.17, 15) is 0 Å². The molecule has 2 nitrogen and oxygen atoms in total. The molecular weight excluding hydrogens is 381 g/mol. The fraction of sp³-hybridized carbons (Fsp3) is 0. The van der Waals surface area contributed by atoms with Gasteiger partial charge in [-0.3, -0.25) is 4.98 Å². The van der Waals surface area contributed by atoms with E-state index in [2.05, 4.69) is 27.6 Å². The van der Waals surface area contributed by atoms with Gasteiger partial charge >= 0.3 is 0 Å². The van der Waals surface area contributed by atoms with Gasteiger partial charge in [-0.1, -0.05) is 23.7 Å². The van der Waals surface area contributed by atoms with E-state index in [1.165, 1.54) is 2.88 Å². The van der Waals surface area contributed by atoms with E-state index in [1.54, 1.807) is 17.5 Å². The number of hydrogen-bond acceptors (Lipinski definition) is 3. The number of nitrogens with zero attached hydrogens (tertiary/aromatic N) is 1. The average molecular weight is 388 g/mol. The van der Waals surface area contributed by atoms with Crippen LogP contribution in [-0.4, -0.2) is 4.98 Å². The molecule has 2 aromatic heterocycles. The van der Waals surface area contributed by atoms with Gasteiger partial charge in [0.1, 0.15) is 11.5 Å². The van der Waals surface area contributed by atoms with Gasteiger partial charge in [0.2, 0.25) is 0 Å². The molecule has 0 bridgehead atoms. The van der Waals surface area contributed by atoms with Crippen molar-refractivity contribution >= 4 is 55.7 Å². The predicted octanol–water partition coefficient (Wildman–Crippen LogP) is 5.35. The number of benzene rings is 1. The molecule has 0 N–H and O–H groups in total. The zero-order valence-corrected chi connectivity index (χ0v) is 12.8. The van der Waals surface area contributed by atoms with Crippen molar-refractivity contribution in [2.45, 2.75) is 0 Å². The van der Waals surface area contributed by atoms with Crippen LogP contribution in [0, 0.1) is 2.88 Å². The first-order valence-corrected chi connectivity index (χ1v) is 7.48. The zero-order chi connectivity index (χ0) is 12.5. The van der Waals surface area contributed by atoms with E-state index >= 15 is 0 Å². The molecule has 0 atom stereocenters. The second kappa shape index (κ2) is 5.03. The normalized spacial score (nSPS) is 10.8. The summed E-state index contributed by atoms with van der Waals surface area (Å²) >= 11 is 10.0. The second-order valence-corrected chi connectivity index (χ2v) is 6.96. The molecule has 0 radical (unpaired) electrons. The highest BCUT2D eigenvalue weighted by Gasteiger charge is 2.09. The highest BCUT2D eigenvalue weighted by atomic mass is 127. The van der Waals surface area contributed by atoms with Gasteiger partial charge in [-0.25, -0.2) is 0 Å². The Morgan fingerprint density at radius 2 is 2.00 bits per heavy atom. The third-order valence-corrected chi connectivity index (χ3v) is 4.61. The van der Waals surface area contributed by atoms with Crippen LogP contribution in [0.25, 0.3) is 10.2 Å². The van der Waals surface area contributed by atoms with E-state index in [4.69, 9.17) is 16.3 Å². The zero-order valence-electron chi connectivity index (χ0n) is 9.06. The highest BCUT2D eigenvalue weighted by molar-refractivity contribution is 14.1. The Morgan fingerprint density at radius 1 is 1.17 bits per heavy atom. The number of halogens is 2. The molecule has 18 heavy (non-hydrogen) atoms. The van der Waals surface area contributed by atoms with E-state index < -0.39 is 0 Å². The summed E-state index contributed by atoms with van der Waals surface area (Å²) in [5.41, 5.74) is 0.953. The van der Waals surface area contributed by atoms with Gasteiger partial charge in [0.15, 0.2) is 0 Å².